The van der Waals surface area contributed by atoms with Gasteiger partial charge in [0.05, 0.1) is 5.75 Å². The summed E-state index contributed by atoms with van der Waals surface area (Å²) in [6, 6.07) is 0. The van der Waals surface area contributed by atoms with E-state index in [-0.39, 0.29) is 24.0 Å². The van der Waals surface area contributed by atoms with E-state index >= 15 is 0 Å². The van der Waals surface area contributed by atoms with Crippen LogP contribution in [0.4, 0.5) is 0 Å². The van der Waals surface area contributed by atoms with Gasteiger partial charge in [0.15, 0.2) is 0 Å². The Morgan fingerprint density at radius 1 is 1.50 bits per heavy atom. The molecule has 1 amide bonds. The Morgan fingerprint density at radius 3 is 2.42 bits per heavy atom. The number of nitrogens with zero attached hydrogens (tertiary/aromatic N) is 1. The standard InChI is InChI=1S/C7H13NO3S/c1-6(2)5-8-7(9)3-4-12(8,10)11/h6H,3-5H2,1-2H3. The molecule has 1 heterocycles. The molecule has 1 fully saturated rings. The third kappa shape index (κ3) is 1.77. The SMILES string of the molecule is CC(C)CN1C(=O)CCS1(=O)=O. The van der Waals surface area contributed by atoms with Crippen molar-refractivity contribution in [2.75, 3.05) is 12.3 Å². The van der Waals surface area contributed by atoms with Gasteiger partial charge in [-0.25, -0.2) is 12.7 Å². The predicted molar refractivity (Wildman–Crippen MR) is 45.0 cm³/mol. The van der Waals surface area contributed by atoms with E-state index in [0.717, 1.165) is 4.31 Å². The lowest BCUT2D eigenvalue weighted by Gasteiger charge is -2.16. The van der Waals surface area contributed by atoms with Crippen molar-refractivity contribution < 1.29 is 13.2 Å². The van der Waals surface area contributed by atoms with Crippen LogP contribution in [0.25, 0.3) is 0 Å². The van der Waals surface area contributed by atoms with Crippen molar-refractivity contribution in [3.05, 3.63) is 0 Å². The van der Waals surface area contributed by atoms with E-state index in [9.17, 15) is 13.2 Å². The van der Waals surface area contributed by atoms with E-state index in [4.69, 9.17) is 0 Å². The first-order valence-electron chi connectivity index (χ1n) is 3.97. The molecular weight excluding hydrogens is 178 g/mol. The number of carbonyl (C=O) groups is 1. The minimum Gasteiger partial charge on any atom is -0.274 e. The lowest BCUT2D eigenvalue weighted by atomic mass is 10.2. The van der Waals surface area contributed by atoms with Crippen molar-refractivity contribution in [2.45, 2.75) is 20.3 Å². The zero-order valence-electron chi connectivity index (χ0n) is 7.28. The van der Waals surface area contributed by atoms with Crippen molar-refractivity contribution >= 4 is 15.9 Å². The predicted octanol–water partition coefficient (Wildman–Crippen LogP) is 0.205. The first kappa shape index (κ1) is 9.51. The highest BCUT2D eigenvalue weighted by Crippen LogP contribution is 2.16. The molecule has 70 valence electrons. The van der Waals surface area contributed by atoms with Gasteiger partial charge in [-0.05, 0) is 5.92 Å². The molecule has 0 aromatic rings. The maximum atomic E-state index is 11.2. The average Bonchev–Trinajstić information content (AvgIpc) is 2.15. The Balaban J connectivity index is 2.79. The number of hydrogen-bond acceptors (Lipinski definition) is 3. The summed E-state index contributed by atoms with van der Waals surface area (Å²) in [5.41, 5.74) is 0. The Hall–Kier alpha value is -0.580. The Morgan fingerprint density at radius 2 is 2.08 bits per heavy atom. The maximum absolute atomic E-state index is 11.2. The van der Waals surface area contributed by atoms with E-state index in [1.807, 2.05) is 13.8 Å². The average molecular weight is 191 g/mol. The maximum Gasteiger partial charge on any atom is 0.237 e. The van der Waals surface area contributed by atoms with Gasteiger partial charge in [0.1, 0.15) is 0 Å². The molecule has 1 rings (SSSR count). The summed E-state index contributed by atoms with van der Waals surface area (Å²) >= 11 is 0. The van der Waals surface area contributed by atoms with Gasteiger partial charge in [0.2, 0.25) is 15.9 Å². The van der Waals surface area contributed by atoms with Gasteiger partial charge in [0, 0.05) is 13.0 Å². The van der Waals surface area contributed by atoms with Gasteiger partial charge in [-0.15, -0.1) is 0 Å². The van der Waals surface area contributed by atoms with E-state index in [1.54, 1.807) is 0 Å². The zero-order valence-corrected chi connectivity index (χ0v) is 8.10. The minimum atomic E-state index is -3.25. The van der Waals surface area contributed by atoms with Crippen LogP contribution < -0.4 is 0 Å². The molecule has 0 aromatic heterocycles. The molecule has 12 heavy (non-hydrogen) atoms. The minimum absolute atomic E-state index is 0.0153. The van der Waals surface area contributed by atoms with Crippen LogP contribution in [0.2, 0.25) is 0 Å². The highest BCUT2D eigenvalue weighted by atomic mass is 32.2. The van der Waals surface area contributed by atoms with Gasteiger partial charge in [-0.3, -0.25) is 4.79 Å². The van der Waals surface area contributed by atoms with Crippen LogP contribution in [-0.4, -0.2) is 30.9 Å². The van der Waals surface area contributed by atoms with Crippen LogP contribution in [-0.2, 0) is 14.8 Å². The van der Waals surface area contributed by atoms with Gasteiger partial charge in [0.25, 0.3) is 0 Å². The molecule has 0 aromatic carbocycles. The van der Waals surface area contributed by atoms with Crippen molar-refractivity contribution in [3.63, 3.8) is 0 Å². The summed E-state index contributed by atoms with van der Waals surface area (Å²) < 4.78 is 23.4. The molecule has 0 unspecified atom stereocenters. The molecule has 1 saturated heterocycles. The van der Waals surface area contributed by atoms with E-state index in [0.29, 0.717) is 6.54 Å². The van der Waals surface area contributed by atoms with Gasteiger partial charge in [-0.2, -0.15) is 0 Å². The summed E-state index contributed by atoms with van der Waals surface area (Å²) in [4.78, 5) is 11.1. The van der Waals surface area contributed by atoms with Crippen molar-refractivity contribution in [3.8, 4) is 0 Å². The molecule has 0 N–H and O–H groups in total. The lowest BCUT2D eigenvalue weighted by Crippen LogP contribution is -2.32. The van der Waals surface area contributed by atoms with Crippen LogP contribution in [0.1, 0.15) is 20.3 Å². The van der Waals surface area contributed by atoms with Gasteiger partial charge >= 0.3 is 0 Å². The molecule has 4 nitrogen and oxygen atoms in total. The highest BCUT2D eigenvalue weighted by molar-refractivity contribution is 7.90. The molecule has 0 aliphatic carbocycles. The smallest absolute Gasteiger partial charge is 0.237 e. The Bertz CT molecular complexity index is 281. The van der Waals surface area contributed by atoms with Crippen LogP contribution in [0, 0.1) is 5.92 Å². The quantitative estimate of drug-likeness (QED) is 0.626. The topological polar surface area (TPSA) is 54.5 Å². The number of carbonyl (C=O) groups excluding carboxylic acids is 1. The third-order valence-electron chi connectivity index (χ3n) is 1.72. The van der Waals surface area contributed by atoms with Crippen molar-refractivity contribution in [1.82, 2.24) is 4.31 Å². The molecule has 1 aliphatic rings. The summed E-state index contributed by atoms with van der Waals surface area (Å²) in [5.74, 6) is -0.0797. The second-order valence-corrected chi connectivity index (χ2v) is 5.40. The number of rotatable bonds is 2. The first-order chi connectivity index (χ1) is 5.43. The third-order valence-corrected chi connectivity index (χ3v) is 3.46. The van der Waals surface area contributed by atoms with Crippen LogP contribution in [0.5, 0.6) is 0 Å². The summed E-state index contributed by atoms with van der Waals surface area (Å²) in [6.07, 6.45) is 0.148. The van der Waals surface area contributed by atoms with Gasteiger partial charge < -0.3 is 0 Å². The largest absolute Gasteiger partial charge is 0.274 e. The molecule has 0 radical (unpaired) electrons. The number of amides is 1. The highest BCUT2D eigenvalue weighted by Gasteiger charge is 2.34. The van der Waals surface area contributed by atoms with E-state index in [1.165, 1.54) is 0 Å². The Kier molecular flexibility index (Phi) is 2.41. The summed E-state index contributed by atoms with van der Waals surface area (Å²) in [7, 11) is -3.25. The molecule has 0 bridgehead atoms. The fourth-order valence-corrected chi connectivity index (χ4v) is 2.73. The molecule has 0 atom stereocenters. The second-order valence-electron chi connectivity index (χ2n) is 3.38. The van der Waals surface area contributed by atoms with Gasteiger partial charge in [-0.1, -0.05) is 13.8 Å². The number of sulfonamides is 1. The molecule has 0 saturated carbocycles. The normalized spacial score (nSPS) is 22.2. The molecule has 1 aliphatic heterocycles. The Labute approximate surface area is 72.6 Å². The zero-order chi connectivity index (χ0) is 9.35. The van der Waals surface area contributed by atoms with Crippen molar-refractivity contribution in [1.29, 1.82) is 0 Å². The van der Waals surface area contributed by atoms with Crippen LogP contribution in [0.3, 0.4) is 0 Å². The van der Waals surface area contributed by atoms with Crippen LogP contribution >= 0.6 is 0 Å². The fraction of sp³-hybridized carbons (Fsp3) is 0.857. The first-order valence-corrected chi connectivity index (χ1v) is 5.57. The lowest BCUT2D eigenvalue weighted by molar-refractivity contribution is -0.125. The van der Waals surface area contributed by atoms with Crippen molar-refractivity contribution in [2.24, 2.45) is 5.92 Å². The molecule has 0 spiro atoms. The fourth-order valence-electron chi connectivity index (χ4n) is 1.15. The molecule has 5 heteroatoms. The molecular formula is C7H13NO3S. The summed E-state index contributed by atoms with van der Waals surface area (Å²) in [6.45, 7) is 4.10. The second kappa shape index (κ2) is 3.05. The number of hydrogen-bond donors (Lipinski definition) is 0. The van der Waals surface area contributed by atoms with Crippen LogP contribution in [0.15, 0.2) is 0 Å². The monoisotopic (exact) mass is 191 g/mol. The van der Waals surface area contributed by atoms with E-state index < -0.39 is 10.0 Å². The summed E-state index contributed by atoms with van der Waals surface area (Å²) in [5, 5.41) is 0. The van der Waals surface area contributed by atoms with E-state index in [2.05, 4.69) is 0 Å².